The predicted octanol–water partition coefficient (Wildman–Crippen LogP) is 1.22. The maximum Gasteiger partial charge on any atom is 0.236 e. The van der Waals surface area contributed by atoms with E-state index >= 15 is 0 Å². The molecular weight excluding hydrogens is 192 g/mol. The van der Waals surface area contributed by atoms with Crippen LogP contribution in [-0.2, 0) is 9.59 Å². The van der Waals surface area contributed by atoms with Crippen molar-refractivity contribution in [3.63, 3.8) is 0 Å². The predicted molar refractivity (Wildman–Crippen MR) is 52.5 cm³/mol. The molecule has 2 aliphatic rings. The van der Waals surface area contributed by atoms with Crippen molar-refractivity contribution in [1.29, 1.82) is 5.26 Å². The molecule has 2 amide bonds. The minimum atomic E-state index is -0.438. The van der Waals surface area contributed by atoms with Crippen LogP contribution in [0, 0.1) is 16.7 Å². The van der Waals surface area contributed by atoms with Gasteiger partial charge in [0.05, 0.1) is 11.5 Å². The lowest BCUT2D eigenvalue weighted by molar-refractivity contribution is -0.141. The fourth-order valence-electron chi connectivity index (χ4n) is 2.71. The van der Waals surface area contributed by atoms with Crippen LogP contribution in [-0.4, -0.2) is 23.3 Å². The average Bonchev–Trinajstić information content (AvgIpc) is 2.45. The Morgan fingerprint density at radius 1 is 1.27 bits per heavy atom. The molecule has 2 rings (SSSR count). The van der Waals surface area contributed by atoms with Gasteiger partial charge in [0, 0.05) is 6.42 Å². The van der Waals surface area contributed by atoms with E-state index < -0.39 is 5.41 Å². The van der Waals surface area contributed by atoms with E-state index in [2.05, 4.69) is 0 Å². The topological polar surface area (TPSA) is 61.2 Å². The lowest BCUT2D eigenvalue weighted by atomic mass is 9.73. The number of imide groups is 1. The van der Waals surface area contributed by atoms with Crippen molar-refractivity contribution in [2.45, 2.75) is 38.5 Å². The molecule has 1 aliphatic carbocycles. The molecule has 1 heterocycles. The quantitative estimate of drug-likeness (QED) is 0.478. The van der Waals surface area contributed by atoms with E-state index in [1.165, 1.54) is 0 Å². The molecule has 2 fully saturated rings. The Bertz CT molecular complexity index is 337. The van der Waals surface area contributed by atoms with Crippen LogP contribution in [0.15, 0.2) is 0 Å². The van der Waals surface area contributed by atoms with E-state index in [-0.39, 0.29) is 18.4 Å². The Kier molecular flexibility index (Phi) is 2.47. The van der Waals surface area contributed by atoms with Gasteiger partial charge in [0.25, 0.3) is 0 Å². The van der Waals surface area contributed by atoms with Crippen LogP contribution in [0.4, 0.5) is 0 Å². The molecule has 1 aliphatic heterocycles. The molecular formula is C11H14N2O2. The van der Waals surface area contributed by atoms with Gasteiger partial charge in [-0.3, -0.25) is 14.5 Å². The van der Waals surface area contributed by atoms with Crippen molar-refractivity contribution >= 4 is 11.8 Å². The van der Waals surface area contributed by atoms with Gasteiger partial charge < -0.3 is 0 Å². The maximum absolute atomic E-state index is 12.0. The van der Waals surface area contributed by atoms with E-state index in [0.717, 1.165) is 37.0 Å². The largest absolute Gasteiger partial charge is 0.274 e. The second kappa shape index (κ2) is 3.65. The average molecular weight is 206 g/mol. The summed E-state index contributed by atoms with van der Waals surface area (Å²) in [6, 6.07) is 1.88. The zero-order valence-corrected chi connectivity index (χ0v) is 8.66. The monoisotopic (exact) mass is 206 g/mol. The minimum Gasteiger partial charge on any atom is -0.274 e. The fourth-order valence-corrected chi connectivity index (χ4v) is 2.71. The zero-order chi connectivity index (χ0) is 10.9. The molecule has 0 unspecified atom stereocenters. The first-order chi connectivity index (χ1) is 7.19. The summed E-state index contributed by atoms with van der Waals surface area (Å²) < 4.78 is 0. The van der Waals surface area contributed by atoms with Crippen molar-refractivity contribution in [3.8, 4) is 6.07 Å². The molecule has 0 aromatic heterocycles. The Labute approximate surface area is 88.9 Å². The van der Waals surface area contributed by atoms with E-state index in [1.54, 1.807) is 0 Å². The number of carbonyl (C=O) groups is 2. The third kappa shape index (κ3) is 1.52. The molecule has 1 saturated carbocycles. The Hall–Kier alpha value is -1.37. The van der Waals surface area contributed by atoms with Gasteiger partial charge in [-0.15, -0.1) is 0 Å². The first-order valence-electron chi connectivity index (χ1n) is 5.41. The first kappa shape index (κ1) is 10.2. The van der Waals surface area contributed by atoms with Crippen molar-refractivity contribution in [3.05, 3.63) is 0 Å². The zero-order valence-electron chi connectivity index (χ0n) is 8.66. The number of likely N-dealkylation sites (tertiary alicyclic amines) is 1. The molecule has 0 radical (unpaired) electrons. The maximum atomic E-state index is 12.0. The van der Waals surface area contributed by atoms with Gasteiger partial charge in [0.2, 0.25) is 11.8 Å². The van der Waals surface area contributed by atoms with E-state index in [0.29, 0.717) is 6.42 Å². The highest BCUT2D eigenvalue weighted by molar-refractivity contribution is 6.06. The summed E-state index contributed by atoms with van der Waals surface area (Å²) in [5, 5.41) is 8.55. The van der Waals surface area contributed by atoms with Gasteiger partial charge in [-0.2, -0.15) is 5.26 Å². The van der Waals surface area contributed by atoms with Crippen LogP contribution >= 0.6 is 0 Å². The summed E-state index contributed by atoms with van der Waals surface area (Å²) in [5.74, 6) is -0.266. The minimum absolute atomic E-state index is 0.0839. The molecule has 80 valence electrons. The van der Waals surface area contributed by atoms with Gasteiger partial charge in [-0.25, -0.2) is 0 Å². The van der Waals surface area contributed by atoms with Gasteiger partial charge in [0.15, 0.2) is 0 Å². The summed E-state index contributed by atoms with van der Waals surface area (Å²) in [6.45, 7) is -0.0839. The van der Waals surface area contributed by atoms with Gasteiger partial charge >= 0.3 is 0 Å². The Morgan fingerprint density at radius 3 is 2.53 bits per heavy atom. The van der Waals surface area contributed by atoms with Crippen LogP contribution < -0.4 is 0 Å². The van der Waals surface area contributed by atoms with Crippen LogP contribution in [0.2, 0.25) is 0 Å². The standard InChI is InChI=1S/C11H14N2O2/c12-6-7-13-9(14)8-11(10(13)15)4-2-1-3-5-11/h1-5,7-8H2. The van der Waals surface area contributed by atoms with Crippen LogP contribution in [0.25, 0.3) is 0 Å². The number of hydrogen-bond donors (Lipinski definition) is 0. The Balaban J connectivity index is 2.20. The van der Waals surface area contributed by atoms with Gasteiger partial charge in [-0.1, -0.05) is 19.3 Å². The molecule has 0 aromatic rings. The number of nitrogens with zero attached hydrogens (tertiary/aromatic N) is 2. The molecule has 0 aromatic carbocycles. The number of carbonyl (C=O) groups excluding carboxylic acids is 2. The number of rotatable bonds is 1. The van der Waals surface area contributed by atoms with E-state index in [4.69, 9.17) is 5.26 Å². The number of nitriles is 1. The molecule has 15 heavy (non-hydrogen) atoms. The van der Waals surface area contributed by atoms with Crippen molar-refractivity contribution in [2.24, 2.45) is 5.41 Å². The van der Waals surface area contributed by atoms with Gasteiger partial charge in [-0.05, 0) is 12.8 Å². The summed E-state index contributed by atoms with van der Waals surface area (Å²) in [5.41, 5.74) is -0.438. The second-order valence-electron chi connectivity index (χ2n) is 4.46. The smallest absolute Gasteiger partial charge is 0.236 e. The normalized spacial score (nSPS) is 24.6. The van der Waals surface area contributed by atoms with Crippen molar-refractivity contribution < 1.29 is 9.59 Å². The summed E-state index contributed by atoms with van der Waals surface area (Å²) in [6.07, 6.45) is 5.17. The van der Waals surface area contributed by atoms with Gasteiger partial charge in [0.1, 0.15) is 6.54 Å². The summed E-state index contributed by atoms with van der Waals surface area (Å²) >= 11 is 0. The van der Waals surface area contributed by atoms with E-state index in [1.807, 2.05) is 6.07 Å². The van der Waals surface area contributed by atoms with Crippen LogP contribution in [0.3, 0.4) is 0 Å². The summed E-state index contributed by atoms with van der Waals surface area (Å²) in [7, 11) is 0. The van der Waals surface area contributed by atoms with Crippen molar-refractivity contribution in [1.82, 2.24) is 4.90 Å². The highest BCUT2D eigenvalue weighted by Crippen LogP contribution is 2.45. The number of hydrogen-bond acceptors (Lipinski definition) is 3. The number of amides is 2. The third-order valence-electron chi connectivity index (χ3n) is 3.53. The fraction of sp³-hybridized carbons (Fsp3) is 0.727. The van der Waals surface area contributed by atoms with Crippen LogP contribution in [0.1, 0.15) is 38.5 Å². The summed E-state index contributed by atoms with van der Waals surface area (Å²) in [4.78, 5) is 24.8. The van der Waals surface area contributed by atoms with Crippen molar-refractivity contribution in [2.75, 3.05) is 6.54 Å². The molecule has 4 heteroatoms. The highest BCUT2D eigenvalue weighted by atomic mass is 16.2. The lowest BCUT2D eigenvalue weighted by Gasteiger charge is -2.30. The van der Waals surface area contributed by atoms with E-state index in [9.17, 15) is 9.59 Å². The molecule has 0 atom stereocenters. The highest BCUT2D eigenvalue weighted by Gasteiger charge is 2.51. The molecule has 0 bridgehead atoms. The Morgan fingerprint density at radius 2 is 1.93 bits per heavy atom. The SMILES string of the molecule is N#CCN1C(=O)CC2(CCCCC2)C1=O. The third-order valence-corrected chi connectivity index (χ3v) is 3.53. The molecule has 0 N–H and O–H groups in total. The van der Waals surface area contributed by atoms with Crippen LogP contribution in [0.5, 0.6) is 0 Å². The molecule has 1 spiro atoms. The first-order valence-corrected chi connectivity index (χ1v) is 5.41. The second-order valence-corrected chi connectivity index (χ2v) is 4.46. The molecule has 1 saturated heterocycles. The molecule has 4 nitrogen and oxygen atoms in total. The lowest BCUT2D eigenvalue weighted by Crippen LogP contribution is -2.37.